The van der Waals surface area contributed by atoms with Crippen LogP contribution in [0.5, 0.6) is 0 Å². The summed E-state index contributed by atoms with van der Waals surface area (Å²) in [6.07, 6.45) is 0. The second kappa shape index (κ2) is 4.60. The summed E-state index contributed by atoms with van der Waals surface area (Å²) in [6.45, 7) is 0. The molecule has 0 saturated heterocycles. The van der Waals surface area contributed by atoms with Gasteiger partial charge in [0.05, 0.1) is 0 Å². The fraction of sp³-hybridized carbons (Fsp3) is 1.00. The first kappa shape index (κ1) is 16.3. The van der Waals surface area contributed by atoms with Gasteiger partial charge in [0.15, 0.2) is 7.60 Å². The molecule has 0 heterocycles. The van der Waals surface area contributed by atoms with Crippen LogP contribution in [-0.2, 0) is 9.13 Å². The Bertz CT molecular complexity index is 216. The van der Waals surface area contributed by atoms with Gasteiger partial charge in [-0.25, -0.2) is 0 Å². The second-order valence-corrected chi connectivity index (χ2v) is 7.78. The SMILES string of the molecule is O=P([O-])(O)C(Cl)(Cl)P(=O)(O)O.[Na+]. The zero-order valence-corrected chi connectivity index (χ0v) is 11.0. The summed E-state index contributed by atoms with van der Waals surface area (Å²) in [4.78, 5) is 34.6. The van der Waals surface area contributed by atoms with Crippen molar-refractivity contribution in [3.8, 4) is 0 Å². The van der Waals surface area contributed by atoms with Gasteiger partial charge in [0.2, 0.25) is 0 Å². The Kier molecular flexibility index (Phi) is 6.25. The van der Waals surface area contributed by atoms with Gasteiger partial charge in [0, 0.05) is 0 Å². The summed E-state index contributed by atoms with van der Waals surface area (Å²) in [5.74, 6) is 0. The minimum atomic E-state index is -5.47. The Hall–Kier alpha value is 1.88. The normalized spacial score (nSPS) is 17.8. The molecule has 0 bridgehead atoms. The van der Waals surface area contributed by atoms with Crippen LogP contribution in [0.4, 0.5) is 0 Å². The van der Waals surface area contributed by atoms with Crippen LogP contribution in [-0.4, -0.2) is 18.5 Å². The molecule has 0 radical (unpaired) electrons. The van der Waals surface area contributed by atoms with E-state index in [9.17, 15) is 14.0 Å². The molecular formula is CH3Cl2NaO6P2. The predicted octanol–water partition coefficient (Wildman–Crippen LogP) is -3.20. The van der Waals surface area contributed by atoms with Crippen molar-refractivity contribution in [3.05, 3.63) is 0 Å². The van der Waals surface area contributed by atoms with Crippen molar-refractivity contribution in [3.63, 3.8) is 0 Å². The Morgan fingerprint density at radius 2 is 1.42 bits per heavy atom. The van der Waals surface area contributed by atoms with Gasteiger partial charge in [-0.1, -0.05) is 23.2 Å². The summed E-state index contributed by atoms with van der Waals surface area (Å²) < 4.78 is 16.9. The number of hydrogen-bond donors (Lipinski definition) is 3. The molecule has 0 rings (SSSR count). The molecular weight excluding hydrogens is 264 g/mol. The van der Waals surface area contributed by atoms with Crippen LogP contribution in [0.15, 0.2) is 0 Å². The first-order chi connectivity index (χ1) is 4.50. The molecule has 0 aromatic heterocycles. The van der Waals surface area contributed by atoms with E-state index in [1.807, 2.05) is 0 Å². The molecule has 12 heavy (non-hydrogen) atoms. The van der Waals surface area contributed by atoms with Crippen LogP contribution in [0.25, 0.3) is 0 Å². The first-order valence-electron chi connectivity index (χ1n) is 1.97. The Morgan fingerprint density at radius 1 is 1.17 bits per heavy atom. The third-order valence-electron chi connectivity index (χ3n) is 0.690. The van der Waals surface area contributed by atoms with Crippen LogP contribution < -0.4 is 34.5 Å². The number of hydrogen-bond acceptors (Lipinski definition) is 3. The van der Waals surface area contributed by atoms with E-state index in [0.717, 1.165) is 0 Å². The van der Waals surface area contributed by atoms with Crippen LogP contribution in [0.1, 0.15) is 0 Å². The van der Waals surface area contributed by atoms with E-state index >= 15 is 0 Å². The smallest absolute Gasteiger partial charge is 0.776 e. The summed E-state index contributed by atoms with van der Waals surface area (Å²) in [7, 11) is -10.8. The topological polar surface area (TPSA) is 118 Å². The van der Waals surface area contributed by atoms with Gasteiger partial charge in [0.1, 0.15) is 0 Å². The van der Waals surface area contributed by atoms with E-state index in [-0.39, 0.29) is 29.6 Å². The fourth-order valence-electron chi connectivity index (χ4n) is 0.165. The summed E-state index contributed by atoms with van der Waals surface area (Å²) in [5.41, 5.74) is 0. The number of halogens is 2. The standard InChI is InChI=1S/CH4Cl2O6P2.Na/c2-1(3,10(4,5)6)11(7,8)9;/h(H2,4,5,6)(H2,7,8,9);/q;+1/p-1. The third kappa shape index (κ3) is 3.56. The zero-order valence-electron chi connectivity index (χ0n) is 5.72. The third-order valence-corrected chi connectivity index (χ3v) is 6.21. The molecule has 0 saturated carbocycles. The Labute approximate surface area is 99.9 Å². The maximum atomic E-state index is 10.2. The molecule has 0 aliphatic heterocycles. The van der Waals surface area contributed by atoms with Gasteiger partial charge in [0.25, 0.3) is 3.82 Å². The largest absolute Gasteiger partial charge is 1.00 e. The minimum Gasteiger partial charge on any atom is -0.776 e. The van der Waals surface area contributed by atoms with Gasteiger partial charge >= 0.3 is 37.2 Å². The van der Waals surface area contributed by atoms with Crippen LogP contribution in [0.3, 0.4) is 0 Å². The molecule has 0 aliphatic rings. The van der Waals surface area contributed by atoms with Crippen LogP contribution in [0.2, 0.25) is 0 Å². The molecule has 0 aliphatic carbocycles. The van der Waals surface area contributed by atoms with Crippen molar-refractivity contribution in [2.75, 3.05) is 0 Å². The van der Waals surface area contributed by atoms with Crippen molar-refractivity contribution in [2.45, 2.75) is 3.82 Å². The first-order valence-corrected chi connectivity index (χ1v) is 5.92. The van der Waals surface area contributed by atoms with Gasteiger partial charge < -0.3 is 24.1 Å². The van der Waals surface area contributed by atoms with Gasteiger partial charge in [-0.05, 0) is 0 Å². The van der Waals surface area contributed by atoms with Crippen molar-refractivity contribution in [1.29, 1.82) is 0 Å². The fourth-order valence-corrected chi connectivity index (χ4v) is 1.48. The van der Waals surface area contributed by atoms with Crippen molar-refractivity contribution < 1.29 is 58.3 Å². The van der Waals surface area contributed by atoms with Crippen molar-refractivity contribution >= 4 is 38.4 Å². The van der Waals surface area contributed by atoms with E-state index in [2.05, 4.69) is 23.2 Å². The molecule has 0 aromatic carbocycles. The maximum absolute atomic E-state index is 10.2. The van der Waals surface area contributed by atoms with E-state index < -0.39 is 19.0 Å². The van der Waals surface area contributed by atoms with Gasteiger partial charge in [-0.15, -0.1) is 0 Å². The molecule has 0 spiro atoms. The van der Waals surface area contributed by atoms with Gasteiger partial charge in [-0.2, -0.15) is 0 Å². The summed E-state index contributed by atoms with van der Waals surface area (Å²) in [5, 5.41) is 0. The predicted molar refractivity (Wildman–Crippen MR) is 36.3 cm³/mol. The van der Waals surface area contributed by atoms with Crippen LogP contribution >= 0.6 is 38.4 Å². The quantitative estimate of drug-likeness (QED) is 0.275. The molecule has 68 valence electrons. The molecule has 1 atom stereocenters. The van der Waals surface area contributed by atoms with Crippen molar-refractivity contribution in [2.24, 2.45) is 0 Å². The average Bonchev–Trinajstić information content (AvgIpc) is 1.58. The zero-order chi connectivity index (χ0) is 9.50. The molecule has 0 fully saturated rings. The van der Waals surface area contributed by atoms with E-state index in [1.165, 1.54) is 0 Å². The molecule has 0 aromatic rings. The maximum Gasteiger partial charge on any atom is 1.00 e. The molecule has 6 nitrogen and oxygen atoms in total. The number of alkyl halides is 2. The molecule has 11 heteroatoms. The summed E-state index contributed by atoms with van der Waals surface area (Å²) in [6, 6.07) is 0. The Morgan fingerprint density at radius 3 is 1.42 bits per heavy atom. The Balaban J connectivity index is 0. The van der Waals surface area contributed by atoms with Crippen LogP contribution in [0, 0.1) is 0 Å². The van der Waals surface area contributed by atoms with E-state index in [0.29, 0.717) is 0 Å². The molecule has 1 unspecified atom stereocenters. The molecule has 0 amide bonds. The van der Waals surface area contributed by atoms with Crippen molar-refractivity contribution in [1.82, 2.24) is 0 Å². The average molecular weight is 267 g/mol. The minimum absolute atomic E-state index is 0. The molecule has 3 N–H and O–H groups in total. The number of rotatable bonds is 2. The second-order valence-electron chi connectivity index (χ2n) is 1.57. The van der Waals surface area contributed by atoms with E-state index in [1.54, 1.807) is 0 Å². The van der Waals surface area contributed by atoms with E-state index in [4.69, 9.17) is 14.7 Å². The monoisotopic (exact) mass is 266 g/mol. The summed E-state index contributed by atoms with van der Waals surface area (Å²) >= 11 is 9.33. The van der Waals surface area contributed by atoms with Gasteiger partial charge in [-0.3, -0.25) is 4.57 Å².